The Morgan fingerprint density at radius 2 is 1.92 bits per heavy atom. The van der Waals surface area contributed by atoms with Crippen molar-refractivity contribution >= 4 is 72.3 Å². The molecule has 1 saturated heterocycles. The molecule has 1 amide bonds. The van der Waals surface area contributed by atoms with E-state index in [4.69, 9.17) is 17.0 Å². The van der Waals surface area contributed by atoms with Crippen molar-refractivity contribution in [2.75, 3.05) is 5.75 Å². The van der Waals surface area contributed by atoms with Crippen LogP contribution in [-0.2, 0) is 11.4 Å². The molecule has 1 fully saturated rings. The molecule has 9 heteroatoms. The molecule has 134 valence electrons. The smallest absolute Gasteiger partial charge is 0.259 e. The summed E-state index contributed by atoms with van der Waals surface area (Å²) >= 11 is 13.3. The summed E-state index contributed by atoms with van der Waals surface area (Å²) in [4.78, 5) is 11.7. The lowest BCUT2D eigenvalue weighted by Gasteiger charge is -2.12. The van der Waals surface area contributed by atoms with Crippen molar-refractivity contribution in [1.82, 2.24) is 5.01 Å². The third-order valence-corrected chi connectivity index (χ3v) is 5.88. The van der Waals surface area contributed by atoms with E-state index in [0.29, 0.717) is 22.4 Å². The predicted octanol–water partition coefficient (Wildman–Crippen LogP) is 5.12. The zero-order chi connectivity index (χ0) is 18.7. The van der Waals surface area contributed by atoms with E-state index in [1.165, 1.54) is 28.9 Å². The zero-order valence-corrected chi connectivity index (χ0v) is 17.9. The van der Waals surface area contributed by atoms with Gasteiger partial charge in [0.05, 0.1) is 20.9 Å². The summed E-state index contributed by atoms with van der Waals surface area (Å²) < 4.78 is 20.7. The summed E-state index contributed by atoms with van der Waals surface area (Å²) in [5.41, 5.74) is 1.62. The Morgan fingerprint density at radius 1 is 1.27 bits per heavy atom. The van der Waals surface area contributed by atoms with Crippen LogP contribution < -0.4 is 4.74 Å². The quantitative estimate of drug-likeness (QED) is 0.407. The van der Waals surface area contributed by atoms with Crippen LogP contribution in [0.5, 0.6) is 5.75 Å². The highest BCUT2D eigenvalue weighted by atomic mass is 79.9. The summed E-state index contributed by atoms with van der Waals surface area (Å²) in [6.07, 6.45) is 1.56. The Bertz CT molecular complexity index is 852. The van der Waals surface area contributed by atoms with Crippen LogP contribution in [0.3, 0.4) is 0 Å². The number of rotatable bonds is 5. The Morgan fingerprint density at radius 3 is 2.50 bits per heavy atom. The molecule has 2 aromatic carbocycles. The number of hydrogen-bond acceptors (Lipinski definition) is 5. The summed E-state index contributed by atoms with van der Waals surface area (Å²) in [6, 6.07) is 9.78. The minimum absolute atomic E-state index is 0.131. The SMILES string of the molecule is O=C1CSC(=S)N1/N=C/c1cc(Br)c(OCc2ccc(F)cc2)c(Br)c1. The van der Waals surface area contributed by atoms with Crippen LogP contribution in [0.1, 0.15) is 11.1 Å². The van der Waals surface area contributed by atoms with E-state index in [0.717, 1.165) is 20.1 Å². The van der Waals surface area contributed by atoms with Gasteiger partial charge in [-0.15, -0.1) is 0 Å². The number of carbonyl (C=O) groups is 1. The van der Waals surface area contributed by atoms with Crippen molar-refractivity contribution in [3.05, 3.63) is 62.3 Å². The Hall–Kier alpha value is -1.29. The molecule has 1 aliphatic heterocycles. The number of hydrazone groups is 1. The van der Waals surface area contributed by atoms with Crippen molar-refractivity contribution in [3.8, 4) is 5.75 Å². The molecule has 0 bridgehead atoms. The first kappa shape index (κ1) is 19.5. The summed E-state index contributed by atoms with van der Waals surface area (Å²) in [6.45, 7) is 0.304. The second kappa shape index (κ2) is 8.60. The van der Waals surface area contributed by atoms with Crippen molar-refractivity contribution in [1.29, 1.82) is 0 Å². The third-order valence-electron chi connectivity index (χ3n) is 3.37. The first-order valence-corrected chi connectivity index (χ1v) is 10.3. The molecule has 2 aromatic rings. The van der Waals surface area contributed by atoms with Gasteiger partial charge in [-0.3, -0.25) is 4.79 Å². The standard InChI is InChI=1S/C17H11Br2FN2O2S2/c18-13-5-11(7-21-22-15(23)9-26-17(22)25)6-14(19)16(13)24-8-10-1-3-12(20)4-2-10/h1-7H,8-9H2/b21-7+. The summed E-state index contributed by atoms with van der Waals surface area (Å²) in [5.74, 6) is 0.525. The highest BCUT2D eigenvalue weighted by Crippen LogP contribution is 2.35. The number of thiocarbonyl (C=S) groups is 1. The lowest BCUT2D eigenvalue weighted by molar-refractivity contribution is -0.123. The maximum atomic E-state index is 13.0. The molecule has 0 aliphatic carbocycles. The van der Waals surface area contributed by atoms with Crippen LogP contribution >= 0.6 is 55.8 Å². The molecule has 0 N–H and O–H groups in total. The van der Waals surface area contributed by atoms with Gasteiger partial charge in [0.25, 0.3) is 5.91 Å². The van der Waals surface area contributed by atoms with Crippen LogP contribution in [0.4, 0.5) is 4.39 Å². The Kier molecular flexibility index (Phi) is 6.44. The molecule has 1 aliphatic rings. The number of amides is 1. The van der Waals surface area contributed by atoms with Gasteiger partial charge in [-0.05, 0) is 67.3 Å². The molecular formula is C17H11Br2FN2O2S2. The maximum absolute atomic E-state index is 13.0. The van der Waals surface area contributed by atoms with Crippen LogP contribution in [0, 0.1) is 5.82 Å². The van der Waals surface area contributed by atoms with Crippen molar-refractivity contribution in [2.45, 2.75) is 6.61 Å². The average Bonchev–Trinajstić information content (AvgIpc) is 2.92. The lowest BCUT2D eigenvalue weighted by atomic mass is 10.2. The molecule has 0 aromatic heterocycles. The fourth-order valence-electron chi connectivity index (χ4n) is 2.11. The van der Waals surface area contributed by atoms with E-state index >= 15 is 0 Å². The van der Waals surface area contributed by atoms with Gasteiger partial charge < -0.3 is 4.74 Å². The van der Waals surface area contributed by atoms with Crippen molar-refractivity contribution in [3.63, 3.8) is 0 Å². The zero-order valence-electron chi connectivity index (χ0n) is 13.1. The van der Waals surface area contributed by atoms with Gasteiger partial charge in [0.15, 0.2) is 4.32 Å². The largest absolute Gasteiger partial charge is 0.487 e. The number of benzene rings is 2. The number of hydrogen-bond donors (Lipinski definition) is 0. The first-order chi connectivity index (χ1) is 12.4. The van der Waals surface area contributed by atoms with E-state index in [2.05, 4.69) is 37.0 Å². The number of thioether (sulfide) groups is 1. The minimum Gasteiger partial charge on any atom is -0.487 e. The first-order valence-electron chi connectivity index (χ1n) is 7.34. The molecule has 0 saturated carbocycles. The highest BCUT2D eigenvalue weighted by molar-refractivity contribution is 9.11. The van der Waals surface area contributed by atoms with Crippen LogP contribution in [0.2, 0.25) is 0 Å². The van der Waals surface area contributed by atoms with Gasteiger partial charge in [-0.1, -0.05) is 36.1 Å². The molecule has 4 nitrogen and oxygen atoms in total. The lowest BCUT2D eigenvalue weighted by Crippen LogP contribution is -2.22. The van der Waals surface area contributed by atoms with Gasteiger partial charge in [-0.2, -0.15) is 10.1 Å². The number of carbonyl (C=O) groups excluding carboxylic acids is 1. The molecule has 0 radical (unpaired) electrons. The topological polar surface area (TPSA) is 41.9 Å². The van der Waals surface area contributed by atoms with Crippen molar-refractivity contribution < 1.29 is 13.9 Å². The molecule has 26 heavy (non-hydrogen) atoms. The molecular weight excluding hydrogens is 507 g/mol. The van der Waals surface area contributed by atoms with E-state index in [-0.39, 0.29) is 11.7 Å². The summed E-state index contributed by atoms with van der Waals surface area (Å²) in [5, 5.41) is 5.37. The van der Waals surface area contributed by atoms with Gasteiger partial charge in [0, 0.05) is 0 Å². The van der Waals surface area contributed by atoms with Gasteiger partial charge >= 0.3 is 0 Å². The number of halogens is 3. The van der Waals surface area contributed by atoms with Gasteiger partial charge in [0.1, 0.15) is 18.2 Å². The van der Waals surface area contributed by atoms with Crippen molar-refractivity contribution in [2.24, 2.45) is 5.10 Å². The normalized spacial score (nSPS) is 14.5. The second-order valence-electron chi connectivity index (χ2n) is 5.23. The third kappa shape index (κ3) is 4.70. The van der Waals surface area contributed by atoms with E-state index < -0.39 is 0 Å². The fraction of sp³-hybridized carbons (Fsp3) is 0.118. The van der Waals surface area contributed by atoms with Crippen LogP contribution in [-0.4, -0.2) is 27.2 Å². The van der Waals surface area contributed by atoms with Gasteiger partial charge in [0.2, 0.25) is 0 Å². The Labute approximate surface area is 176 Å². The van der Waals surface area contributed by atoms with Crippen LogP contribution in [0.25, 0.3) is 0 Å². The fourth-order valence-corrected chi connectivity index (χ4v) is 4.53. The molecule has 0 spiro atoms. The van der Waals surface area contributed by atoms with Gasteiger partial charge in [-0.25, -0.2) is 4.39 Å². The molecule has 1 heterocycles. The van der Waals surface area contributed by atoms with E-state index in [9.17, 15) is 9.18 Å². The molecule has 0 unspecified atom stereocenters. The maximum Gasteiger partial charge on any atom is 0.259 e. The number of ether oxygens (including phenoxy) is 1. The predicted molar refractivity (Wildman–Crippen MR) is 112 cm³/mol. The monoisotopic (exact) mass is 516 g/mol. The number of nitrogens with zero attached hydrogens (tertiary/aromatic N) is 2. The molecule has 3 rings (SSSR count). The summed E-state index contributed by atoms with van der Waals surface area (Å²) in [7, 11) is 0. The van der Waals surface area contributed by atoms with Crippen LogP contribution in [0.15, 0.2) is 50.4 Å². The second-order valence-corrected chi connectivity index (χ2v) is 8.55. The van der Waals surface area contributed by atoms with E-state index in [1.54, 1.807) is 18.3 Å². The van der Waals surface area contributed by atoms with E-state index in [1.807, 2.05) is 12.1 Å². The minimum atomic E-state index is -0.283. The average molecular weight is 518 g/mol. The Balaban J connectivity index is 1.72. The highest BCUT2D eigenvalue weighted by Gasteiger charge is 2.26. The molecule has 0 atom stereocenters.